The Bertz CT molecular complexity index is 969. The first-order valence-corrected chi connectivity index (χ1v) is 12.5. The number of hydrogen-bond donors (Lipinski definition) is 1. The van der Waals surface area contributed by atoms with Crippen LogP contribution in [-0.4, -0.2) is 23.9 Å². The Balaban J connectivity index is 1.22. The number of nitrogens with one attached hydrogen (secondary N) is 1. The Morgan fingerprint density at radius 2 is 1.55 bits per heavy atom. The van der Waals surface area contributed by atoms with Crippen molar-refractivity contribution in [3.8, 4) is 0 Å². The number of carbonyl (C=O) groups is 1. The molecule has 1 N–H and O–H groups in total. The molecule has 1 aliphatic rings. The third kappa shape index (κ3) is 6.70. The van der Waals surface area contributed by atoms with Crippen LogP contribution in [0.2, 0.25) is 0 Å². The van der Waals surface area contributed by atoms with E-state index >= 15 is 0 Å². The molecule has 1 fully saturated rings. The Labute approximate surface area is 197 Å². The molecule has 160 valence electrons. The van der Waals surface area contributed by atoms with E-state index in [4.69, 9.17) is 0 Å². The average molecular weight is 495 g/mol. The fraction of sp³-hybridized carbons (Fsp3) is 0.269. The highest BCUT2D eigenvalue weighted by Gasteiger charge is 2.25. The highest BCUT2D eigenvalue weighted by atomic mass is 79.9. The molecule has 0 saturated carbocycles. The van der Waals surface area contributed by atoms with Crippen molar-refractivity contribution in [2.24, 2.45) is 5.92 Å². The minimum Gasteiger partial charge on any atom is -0.326 e. The Kier molecular flexibility index (Phi) is 7.84. The summed E-state index contributed by atoms with van der Waals surface area (Å²) in [5.74, 6) is 1.17. The van der Waals surface area contributed by atoms with Gasteiger partial charge in [0.05, 0.1) is 0 Å². The minimum atomic E-state index is 0.0921. The second-order valence-electron chi connectivity index (χ2n) is 7.96. The number of benzene rings is 3. The molecule has 0 bridgehead atoms. The molecule has 0 spiro atoms. The lowest BCUT2D eigenvalue weighted by atomic mass is 9.95. The van der Waals surface area contributed by atoms with Crippen LogP contribution in [0.3, 0.4) is 0 Å². The van der Waals surface area contributed by atoms with Gasteiger partial charge in [-0.05, 0) is 73.5 Å². The molecular weight excluding hydrogens is 468 g/mol. The first-order valence-electron chi connectivity index (χ1n) is 10.7. The fourth-order valence-corrected chi connectivity index (χ4v) is 4.95. The van der Waals surface area contributed by atoms with E-state index in [1.54, 1.807) is 0 Å². The van der Waals surface area contributed by atoms with Crippen LogP contribution in [0.15, 0.2) is 88.2 Å². The van der Waals surface area contributed by atoms with Crippen LogP contribution < -0.4 is 5.32 Å². The predicted molar refractivity (Wildman–Crippen MR) is 133 cm³/mol. The summed E-state index contributed by atoms with van der Waals surface area (Å²) in [4.78, 5) is 16.4. The number of piperidine rings is 1. The molecule has 0 aliphatic carbocycles. The van der Waals surface area contributed by atoms with Gasteiger partial charge in [0.2, 0.25) is 5.91 Å². The number of anilines is 1. The van der Waals surface area contributed by atoms with Gasteiger partial charge in [-0.3, -0.25) is 9.69 Å². The van der Waals surface area contributed by atoms with E-state index in [-0.39, 0.29) is 11.8 Å². The Hall–Kier alpha value is -2.08. The first-order chi connectivity index (χ1) is 15.2. The van der Waals surface area contributed by atoms with Crippen LogP contribution in [0.5, 0.6) is 0 Å². The van der Waals surface area contributed by atoms with Crippen molar-refractivity contribution in [2.75, 3.05) is 18.4 Å². The summed E-state index contributed by atoms with van der Waals surface area (Å²) < 4.78 is 1.11. The Morgan fingerprint density at radius 3 is 2.23 bits per heavy atom. The average Bonchev–Trinajstić information content (AvgIpc) is 2.81. The van der Waals surface area contributed by atoms with Crippen LogP contribution in [0.25, 0.3) is 0 Å². The molecule has 1 heterocycles. The second-order valence-corrected chi connectivity index (χ2v) is 9.93. The van der Waals surface area contributed by atoms with E-state index in [1.807, 2.05) is 30.0 Å². The largest absolute Gasteiger partial charge is 0.326 e. The highest BCUT2D eigenvalue weighted by molar-refractivity contribution is 9.10. The summed E-state index contributed by atoms with van der Waals surface area (Å²) in [5, 5.41) is 3.11. The van der Waals surface area contributed by atoms with Crippen molar-refractivity contribution >= 4 is 39.3 Å². The summed E-state index contributed by atoms with van der Waals surface area (Å²) in [6.07, 6.45) is 1.82. The number of likely N-dealkylation sites (tertiary alicyclic amines) is 1. The zero-order chi connectivity index (χ0) is 21.5. The van der Waals surface area contributed by atoms with Crippen LogP contribution >= 0.6 is 27.7 Å². The van der Waals surface area contributed by atoms with Gasteiger partial charge < -0.3 is 5.32 Å². The zero-order valence-electron chi connectivity index (χ0n) is 17.5. The molecule has 3 aromatic carbocycles. The lowest BCUT2D eigenvalue weighted by molar-refractivity contribution is -0.121. The zero-order valence-corrected chi connectivity index (χ0v) is 19.9. The number of thioether (sulfide) groups is 1. The molecule has 1 saturated heterocycles. The van der Waals surface area contributed by atoms with E-state index < -0.39 is 0 Å². The number of amides is 1. The van der Waals surface area contributed by atoms with Gasteiger partial charge in [0.15, 0.2) is 0 Å². The summed E-state index contributed by atoms with van der Waals surface area (Å²) in [6.45, 7) is 2.87. The van der Waals surface area contributed by atoms with Crippen molar-refractivity contribution in [3.63, 3.8) is 0 Å². The van der Waals surface area contributed by atoms with Crippen LogP contribution in [-0.2, 0) is 17.1 Å². The molecular formula is C26H27BrN2OS. The van der Waals surface area contributed by atoms with Crippen molar-refractivity contribution < 1.29 is 4.79 Å². The maximum atomic E-state index is 12.7. The lowest BCUT2D eigenvalue weighted by Crippen LogP contribution is -2.37. The van der Waals surface area contributed by atoms with Crippen LogP contribution in [0.4, 0.5) is 5.69 Å². The summed E-state index contributed by atoms with van der Waals surface area (Å²) >= 11 is 5.31. The fourth-order valence-electron chi connectivity index (χ4n) is 3.81. The number of rotatable bonds is 7. The van der Waals surface area contributed by atoms with Crippen LogP contribution in [0, 0.1) is 5.92 Å². The van der Waals surface area contributed by atoms with Gasteiger partial charge in [-0.2, -0.15) is 0 Å². The number of nitrogens with zero attached hydrogens (tertiary/aromatic N) is 1. The number of carbonyl (C=O) groups excluding carboxylic acids is 1. The molecule has 5 heteroatoms. The normalized spacial score (nSPS) is 15.0. The van der Waals surface area contributed by atoms with Crippen molar-refractivity contribution in [2.45, 2.75) is 30.0 Å². The van der Waals surface area contributed by atoms with Crippen molar-refractivity contribution in [1.82, 2.24) is 4.90 Å². The van der Waals surface area contributed by atoms with Crippen LogP contribution in [0.1, 0.15) is 24.0 Å². The lowest BCUT2D eigenvalue weighted by Gasteiger charge is -2.31. The molecule has 3 nitrogen and oxygen atoms in total. The summed E-state index contributed by atoms with van der Waals surface area (Å²) in [6, 6.07) is 27.1. The first kappa shape index (κ1) is 22.1. The van der Waals surface area contributed by atoms with Gasteiger partial charge in [0, 0.05) is 33.3 Å². The van der Waals surface area contributed by atoms with Gasteiger partial charge >= 0.3 is 0 Å². The second kappa shape index (κ2) is 11.0. The number of hydrogen-bond acceptors (Lipinski definition) is 3. The van der Waals surface area contributed by atoms with E-state index in [9.17, 15) is 4.79 Å². The molecule has 1 aliphatic heterocycles. The molecule has 4 rings (SSSR count). The molecule has 0 radical (unpaired) electrons. The minimum absolute atomic E-state index is 0.0921. The van der Waals surface area contributed by atoms with E-state index in [1.165, 1.54) is 16.0 Å². The summed E-state index contributed by atoms with van der Waals surface area (Å²) in [5.41, 5.74) is 3.46. The van der Waals surface area contributed by atoms with Gasteiger partial charge in [0.25, 0.3) is 0 Å². The SMILES string of the molecule is O=C(Nc1ccc(CSc2ccccc2)cc1)C1CCN(Cc2ccc(Br)cc2)CC1. The van der Waals surface area contributed by atoms with Gasteiger partial charge in [-0.1, -0.05) is 58.4 Å². The molecule has 0 unspecified atom stereocenters. The smallest absolute Gasteiger partial charge is 0.227 e. The van der Waals surface area contributed by atoms with Crippen molar-refractivity contribution in [3.05, 3.63) is 94.5 Å². The van der Waals surface area contributed by atoms with Gasteiger partial charge in [-0.25, -0.2) is 0 Å². The third-order valence-electron chi connectivity index (χ3n) is 5.65. The van der Waals surface area contributed by atoms with Gasteiger partial charge in [-0.15, -0.1) is 11.8 Å². The highest BCUT2D eigenvalue weighted by Crippen LogP contribution is 2.24. The topological polar surface area (TPSA) is 32.3 Å². The number of halogens is 1. The maximum Gasteiger partial charge on any atom is 0.227 e. The van der Waals surface area contributed by atoms with Gasteiger partial charge in [0.1, 0.15) is 0 Å². The molecule has 0 atom stereocenters. The molecule has 31 heavy (non-hydrogen) atoms. The third-order valence-corrected chi connectivity index (χ3v) is 7.26. The predicted octanol–water partition coefficient (Wildman–Crippen LogP) is 6.59. The standard InChI is InChI=1S/C26H27BrN2OS/c27-23-10-6-20(7-11-23)18-29-16-14-22(15-17-29)26(30)28-24-12-8-21(9-13-24)19-31-25-4-2-1-3-5-25/h1-13,22H,14-19H2,(H,28,30). The van der Waals surface area contributed by atoms with E-state index in [0.29, 0.717) is 0 Å². The maximum absolute atomic E-state index is 12.7. The molecule has 1 amide bonds. The Morgan fingerprint density at radius 1 is 0.903 bits per heavy atom. The summed E-state index contributed by atoms with van der Waals surface area (Å²) in [7, 11) is 0. The quantitative estimate of drug-likeness (QED) is 0.375. The molecule has 3 aromatic rings. The van der Waals surface area contributed by atoms with E-state index in [2.05, 4.69) is 86.8 Å². The van der Waals surface area contributed by atoms with Crippen molar-refractivity contribution in [1.29, 1.82) is 0 Å². The monoisotopic (exact) mass is 494 g/mol. The van der Waals surface area contributed by atoms with E-state index in [0.717, 1.165) is 48.4 Å². The molecule has 0 aromatic heterocycles.